The summed E-state index contributed by atoms with van der Waals surface area (Å²) >= 11 is 3.01. The fourth-order valence-corrected chi connectivity index (χ4v) is 4.32. The molecule has 5 nitrogen and oxygen atoms in total. The van der Waals surface area contributed by atoms with E-state index in [4.69, 9.17) is 5.11 Å². The number of nitrogens with one attached hydrogen (secondary N) is 1. The Morgan fingerprint density at radius 3 is 2.90 bits per heavy atom. The minimum Gasteiger partial charge on any atom is -0.396 e. The number of amides is 1. The Morgan fingerprint density at radius 1 is 1.48 bits per heavy atom. The van der Waals surface area contributed by atoms with E-state index in [-0.39, 0.29) is 24.5 Å². The molecule has 0 unspecified atom stereocenters. The van der Waals surface area contributed by atoms with Gasteiger partial charge in [-0.3, -0.25) is 4.79 Å². The Hall–Kier alpha value is -1.44. The molecule has 0 saturated heterocycles. The van der Waals surface area contributed by atoms with E-state index in [2.05, 4.69) is 10.3 Å². The van der Waals surface area contributed by atoms with Gasteiger partial charge in [0.15, 0.2) is 5.13 Å². The minimum absolute atomic E-state index is 0.0140. The third-order valence-electron chi connectivity index (χ3n) is 3.41. The van der Waals surface area contributed by atoms with Crippen molar-refractivity contribution in [3.05, 3.63) is 23.1 Å². The van der Waals surface area contributed by atoms with Crippen molar-refractivity contribution in [2.75, 3.05) is 25.6 Å². The van der Waals surface area contributed by atoms with Crippen LogP contribution >= 0.6 is 22.7 Å². The molecule has 0 spiro atoms. The van der Waals surface area contributed by atoms with E-state index in [9.17, 15) is 4.79 Å². The standard InChI is InChI=1S/C14H17N3O2S2/c1-17(2)14-16-13-11(21-14)6-10(20-13)12(19)15-9-4-3-8(5-9)7-18/h3-4,6,8-9,18H,5,7H2,1-2H3,(H,15,19)/t8-,9+/m0/s1. The van der Waals surface area contributed by atoms with E-state index in [0.29, 0.717) is 4.88 Å². The smallest absolute Gasteiger partial charge is 0.261 e. The molecule has 112 valence electrons. The number of nitrogens with zero attached hydrogens (tertiary/aromatic N) is 2. The summed E-state index contributed by atoms with van der Waals surface area (Å²) in [6.45, 7) is 0.134. The maximum atomic E-state index is 12.3. The van der Waals surface area contributed by atoms with Crippen LogP contribution in [0.1, 0.15) is 16.1 Å². The summed E-state index contributed by atoms with van der Waals surface area (Å²) in [6, 6.07) is 1.92. The monoisotopic (exact) mass is 323 g/mol. The molecular formula is C14H17N3O2S2. The number of thiazole rings is 1. The molecule has 2 atom stereocenters. The largest absolute Gasteiger partial charge is 0.396 e. The Balaban J connectivity index is 1.70. The lowest BCUT2D eigenvalue weighted by molar-refractivity contribution is 0.0945. The zero-order valence-electron chi connectivity index (χ0n) is 11.9. The second-order valence-electron chi connectivity index (χ2n) is 5.31. The molecule has 2 aromatic rings. The Bertz CT molecular complexity index is 658. The number of anilines is 1. The Kier molecular flexibility index (Phi) is 3.97. The molecule has 2 aromatic heterocycles. The van der Waals surface area contributed by atoms with Gasteiger partial charge in [-0.05, 0) is 12.5 Å². The van der Waals surface area contributed by atoms with E-state index >= 15 is 0 Å². The first-order chi connectivity index (χ1) is 10.1. The maximum absolute atomic E-state index is 12.3. The molecule has 7 heteroatoms. The topological polar surface area (TPSA) is 65.5 Å². The highest BCUT2D eigenvalue weighted by Gasteiger charge is 2.21. The number of fused-ring (bicyclic) bond motifs is 1. The molecule has 0 radical (unpaired) electrons. The lowest BCUT2D eigenvalue weighted by atomic mass is 10.1. The lowest BCUT2D eigenvalue weighted by Gasteiger charge is -2.11. The van der Waals surface area contributed by atoms with Crippen molar-refractivity contribution in [3.8, 4) is 0 Å². The van der Waals surface area contributed by atoms with Gasteiger partial charge in [-0.1, -0.05) is 23.5 Å². The molecule has 21 heavy (non-hydrogen) atoms. The third-order valence-corrected chi connectivity index (χ3v) is 5.73. The van der Waals surface area contributed by atoms with Gasteiger partial charge in [0.05, 0.1) is 9.58 Å². The van der Waals surface area contributed by atoms with Gasteiger partial charge in [-0.15, -0.1) is 11.3 Å². The molecule has 0 aliphatic heterocycles. The maximum Gasteiger partial charge on any atom is 0.261 e. The van der Waals surface area contributed by atoms with Crippen LogP contribution in [0, 0.1) is 5.92 Å². The molecule has 0 bridgehead atoms. The highest BCUT2D eigenvalue weighted by molar-refractivity contribution is 7.29. The van der Waals surface area contributed by atoms with Crippen LogP contribution in [0.2, 0.25) is 0 Å². The first-order valence-corrected chi connectivity index (χ1v) is 8.38. The van der Waals surface area contributed by atoms with Gasteiger partial charge in [0, 0.05) is 32.7 Å². The molecule has 1 aliphatic carbocycles. The van der Waals surface area contributed by atoms with Crippen LogP contribution in [0.4, 0.5) is 5.13 Å². The molecule has 3 rings (SSSR count). The van der Waals surface area contributed by atoms with Crippen LogP contribution in [0.3, 0.4) is 0 Å². The Morgan fingerprint density at radius 2 is 2.29 bits per heavy atom. The molecule has 1 aliphatic rings. The SMILES string of the molecule is CN(C)c1nc2sc(C(=O)N[C@@H]3C=C[C@H](CO)C3)cc2s1. The van der Waals surface area contributed by atoms with E-state index in [1.54, 1.807) is 11.3 Å². The van der Waals surface area contributed by atoms with E-state index in [1.165, 1.54) is 11.3 Å². The van der Waals surface area contributed by atoms with Crippen molar-refractivity contribution < 1.29 is 9.90 Å². The minimum atomic E-state index is -0.0650. The fourth-order valence-electron chi connectivity index (χ4n) is 2.28. The number of hydrogen-bond acceptors (Lipinski definition) is 6. The molecule has 2 heterocycles. The first kappa shape index (κ1) is 14.5. The molecular weight excluding hydrogens is 306 g/mol. The lowest BCUT2D eigenvalue weighted by Crippen LogP contribution is -2.32. The number of aliphatic hydroxyl groups is 1. The van der Waals surface area contributed by atoms with Crippen LogP contribution in [0.15, 0.2) is 18.2 Å². The van der Waals surface area contributed by atoms with Crippen LogP contribution in [0.5, 0.6) is 0 Å². The van der Waals surface area contributed by atoms with Crippen molar-refractivity contribution in [3.63, 3.8) is 0 Å². The van der Waals surface area contributed by atoms with Gasteiger partial charge in [0.25, 0.3) is 5.91 Å². The number of rotatable bonds is 4. The summed E-state index contributed by atoms with van der Waals surface area (Å²) in [5.74, 6) is 0.0938. The molecule has 0 fully saturated rings. The van der Waals surface area contributed by atoms with Gasteiger partial charge in [-0.25, -0.2) is 4.98 Å². The van der Waals surface area contributed by atoms with E-state index in [0.717, 1.165) is 21.1 Å². The van der Waals surface area contributed by atoms with E-state index in [1.807, 2.05) is 37.2 Å². The van der Waals surface area contributed by atoms with Crippen molar-refractivity contribution >= 4 is 43.2 Å². The highest BCUT2D eigenvalue weighted by atomic mass is 32.1. The summed E-state index contributed by atoms with van der Waals surface area (Å²) < 4.78 is 1.05. The zero-order valence-corrected chi connectivity index (χ0v) is 13.5. The Labute approximate surface area is 130 Å². The quantitative estimate of drug-likeness (QED) is 0.846. The van der Waals surface area contributed by atoms with Gasteiger partial charge in [0.2, 0.25) is 0 Å². The number of carbonyl (C=O) groups excluding carboxylic acids is 1. The van der Waals surface area contributed by atoms with Crippen LogP contribution in [0.25, 0.3) is 9.53 Å². The summed E-state index contributed by atoms with van der Waals surface area (Å²) in [5.41, 5.74) is 0. The van der Waals surface area contributed by atoms with Gasteiger partial charge in [-0.2, -0.15) is 0 Å². The number of thiophene rings is 1. The van der Waals surface area contributed by atoms with Crippen molar-refractivity contribution in [1.29, 1.82) is 0 Å². The van der Waals surface area contributed by atoms with Gasteiger partial charge in [0.1, 0.15) is 4.83 Å². The average Bonchev–Trinajstić information content (AvgIpc) is 3.11. The normalized spacial score (nSPS) is 21.1. The summed E-state index contributed by atoms with van der Waals surface area (Å²) in [7, 11) is 3.92. The highest BCUT2D eigenvalue weighted by Crippen LogP contribution is 2.34. The van der Waals surface area contributed by atoms with Crippen molar-refractivity contribution in [2.24, 2.45) is 5.92 Å². The molecule has 1 amide bonds. The third kappa shape index (κ3) is 2.95. The predicted octanol–water partition coefficient (Wildman–Crippen LogP) is 2.09. The van der Waals surface area contributed by atoms with Gasteiger partial charge < -0.3 is 15.3 Å². The first-order valence-electron chi connectivity index (χ1n) is 6.74. The number of carbonyl (C=O) groups is 1. The number of aliphatic hydroxyl groups excluding tert-OH is 1. The fraction of sp³-hybridized carbons (Fsp3) is 0.429. The number of hydrogen-bond donors (Lipinski definition) is 2. The average molecular weight is 323 g/mol. The summed E-state index contributed by atoms with van der Waals surface area (Å²) in [6.07, 6.45) is 4.69. The number of aromatic nitrogens is 1. The van der Waals surface area contributed by atoms with Crippen LogP contribution in [-0.2, 0) is 0 Å². The van der Waals surface area contributed by atoms with Crippen LogP contribution in [-0.4, -0.2) is 42.7 Å². The summed E-state index contributed by atoms with van der Waals surface area (Å²) in [5, 5.41) is 13.0. The van der Waals surface area contributed by atoms with Crippen molar-refractivity contribution in [1.82, 2.24) is 10.3 Å². The molecule has 0 saturated carbocycles. The van der Waals surface area contributed by atoms with Gasteiger partial charge >= 0.3 is 0 Å². The summed E-state index contributed by atoms with van der Waals surface area (Å²) in [4.78, 5) is 20.3. The molecule has 0 aromatic carbocycles. The predicted molar refractivity (Wildman–Crippen MR) is 87.4 cm³/mol. The molecule has 2 N–H and O–H groups in total. The van der Waals surface area contributed by atoms with Crippen molar-refractivity contribution in [2.45, 2.75) is 12.5 Å². The second kappa shape index (κ2) is 5.75. The van der Waals surface area contributed by atoms with Crippen LogP contribution < -0.4 is 10.2 Å². The zero-order chi connectivity index (χ0) is 15.0. The van der Waals surface area contributed by atoms with E-state index < -0.39 is 0 Å². The second-order valence-corrected chi connectivity index (χ2v) is 7.35.